The van der Waals surface area contributed by atoms with Crippen LogP contribution in [-0.2, 0) is 4.79 Å². The van der Waals surface area contributed by atoms with Crippen molar-refractivity contribution in [3.8, 4) is 5.75 Å². The van der Waals surface area contributed by atoms with E-state index in [1.165, 1.54) is 4.90 Å². The smallest absolute Gasteiger partial charge is 0.255 e. The van der Waals surface area contributed by atoms with Gasteiger partial charge in [0.05, 0.1) is 0 Å². The summed E-state index contributed by atoms with van der Waals surface area (Å²) >= 11 is 1.77. The second-order valence-electron chi connectivity index (χ2n) is 5.05. The number of rotatable bonds is 9. The van der Waals surface area contributed by atoms with E-state index in [1.54, 1.807) is 36.0 Å². The van der Waals surface area contributed by atoms with Crippen LogP contribution < -0.4 is 15.8 Å². The van der Waals surface area contributed by atoms with Crippen LogP contribution in [0.15, 0.2) is 59.5 Å². The van der Waals surface area contributed by atoms with Gasteiger partial charge in [0, 0.05) is 17.0 Å². The van der Waals surface area contributed by atoms with E-state index in [-0.39, 0.29) is 12.5 Å². The van der Waals surface area contributed by atoms with Gasteiger partial charge in [-0.3, -0.25) is 9.59 Å². The lowest BCUT2D eigenvalue weighted by molar-refractivity contribution is -0.119. The number of benzene rings is 2. The van der Waals surface area contributed by atoms with E-state index in [1.807, 2.05) is 18.2 Å². The number of carbonyl (C=O) groups excluding carboxylic acids is 2. The Kier molecular flexibility index (Phi) is 7.17. The number of thioether (sulfide) groups is 1. The first-order chi connectivity index (χ1) is 11.6. The normalized spacial score (nSPS) is 10.2. The highest BCUT2D eigenvalue weighted by Gasteiger charge is 2.05. The largest absolute Gasteiger partial charge is 0.484 e. The molecule has 0 unspecified atom stereocenters. The second kappa shape index (κ2) is 9.62. The summed E-state index contributed by atoms with van der Waals surface area (Å²) in [7, 11) is 0. The average molecular weight is 344 g/mol. The van der Waals surface area contributed by atoms with Gasteiger partial charge in [-0.05, 0) is 48.6 Å². The lowest BCUT2D eigenvalue weighted by atomic mass is 10.2. The van der Waals surface area contributed by atoms with E-state index < -0.39 is 5.91 Å². The molecule has 6 heteroatoms. The molecule has 5 nitrogen and oxygen atoms in total. The first kappa shape index (κ1) is 17.9. The molecule has 24 heavy (non-hydrogen) atoms. The van der Waals surface area contributed by atoms with Crippen LogP contribution in [0.1, 0.15) is 16.8 Å². The maximum absolute atomic E-state index is 12.0. The minimum Gasteiger partial charge on any atom is -0.484 e. The average Bonchev–Trinajstić information content (AvgIpc) is 2.61. The molecule has 2 amide bonds. The fourth-order valence-electron chi connectivity index (χ4n) is 1.94. The molecule has 3 N–H and O–H groups in total. The Morgan fingerprint density at radius 2 is 1.75 bits per heavy atom. The molecule has 126 valence electrons. The first-order valence-corrected chi connectivity index (χ1v) is 8.61. The summed E-state index contributed by atoms with van der Waals surface area (Å²) in [6.07, 6.45) is 0.894. The van der Waals surface area contributed by atoms with Gasteiger partial charge in [0.15, 0.2) is 6.61 Å². The number of carbonyl (C=O) groups is 2. The highest BCUT2D eigenvalue weighted by Crippen LogP contribution is 2.17. The van der Waals surface area contributed by atoms with E-state index in [0.717, 1.165) is 12.2 Å². The summed E-state index contributed by atoms with van der Waals surface area (Å²) in [4.78, 5) is 23.9. The Labute approximate surface area is 145 Å². The minimum atomic E-state index is -0.537. The molecule has 0 heterocycles. The Bertz CT molecular complexity index is 660. The molecule has 0 spiro atoms. The number of primary amides is 1. The number of nitrogens with one attached hydrogen (secondary N) is 1. The van der Waals surface area contributed by atoms with Gasteiger partial charge in [0.1, 0.15) is 5.75 Å². The zero-order chi connectivity index (χ0) is 17.2. The third-order valence-electron chi connectivity index (χ3n) is 3.12. The Balaban J connectivity index is 1.67. The van der Waals surface area contributed by atoms with Crippen LogP contribution in [0, 0.1) is 0 Å². The molecule has 0 aromatic heterocycles. The fourth-order valence-corrected chi connectivity index (χ4v) is 2.81. The van der Waals surface area contributed by atoms with Gasteiger partial charge in [0.2, 0.25) is 0 Å². The van der Waals surface area contributed by atoms with Crippen molar-refractivity contribution in [1.29, 1.82) is 0 Å². The maximum atomic E-state index is 12.0. The molecule has 0 aliphatic carbocycles. The Hall–Kier alpha value is -2.47. The SMILES string of the molecule is NC(=O)COc1ccc(C(=O)NCCCSc2ccccc2)cc1. The van der Waals surface area contributed by atoms with Crippen molar-refractivity contribution in [3.63, 3.8) is 0 Å². The van der Waals surface area contributed by atoms with Crippen LogP contribution in [0.25, 0.3) is 0 Å². The summed E-state index contributed by atoms with van der Waals surface area (Å²) in [5.41, 5.74) is 5.56. The predicted molar refractivity (Wildman–Crippen MR) is 95.2 cm³/mol. The van der Waals surface area contributed by atoms with Gasteiger partial charge in [-0.2, -0.15) is 0 Å². The number of amides is 2. The molecule has 0 saturated carbocycles. The molecule has 0 bridgehead atoms. The lowest BCUT2D eigenvalue weighted by Gasteiger charge is -2.07. The van der Waals surface area contributed by atoms with Crippen molar-refractivity contribution in [2.24, 2.45) is 5.73 Å². The zero-order valence-electron chi connectivity index (χ0n) is 13.2. The highest BCUT2D eigenvalue weighted by atomic mass is 32.2. The van der Waals surface area contributed by atoms with Crippen molar-refractivity contribution in [1.82, 2.24) is 5.32 Å². The van der Waals surface area contributed by atoms with Gasteiger partial charge in [0.25, 0.3) is 11.8 Å². The predicted octanol–water partition coefficient (Wildman–Crippen LogP) is 2.46. The lowest BCUT2D eigenvalue weighted by Crippen LogP contribution is -2.24. The summed E-state index contributed by atoms with van der Waals surface area (Å²) in [6, 6.07) is 16.8. The molecule has 0 atom stereocenters. The molecule has 2 aromatic carbocycles. The van der Waals surface area contributed by atoms with Crippen LogP contribution in [0.3, 0.4) is 0 Å². The molecule has 0 aliphatic rings. The van der Waals surface area contributed by atoms with E-state index in [4.69, 9.17) is 10.5 Å². The van der Waals surface area contributed by atoms with Crippen LogP contribution in [-0.4, -0.2) is 30.7 Å². The standard InChI is InChI=1S/C18H20N2O3S/c19-17(21)13-23-15-9-7-14(8-10-15)18(22)20-11-4-12-24-16-5-2-1-3-6-16/h1-3,5-10H,4,11-13H2,(H2,19,21)(H,20,22). The van der Waals surface area contributed by atoms with Gasteiger partial charge >= 0.3 is 0 Å². The van der Waals surface area contributed by atoms with E-state index in [2.05, 4.69) is 17.4 Å². The van der Waals surface area contributed by atoms with Crippen molar-refractivity contribution in [3.05, 3.63) is 60.2 Å². The molecule has 2 rings (SSSR count). The third kappa shape index (κ3) is 6.34. The van der Waals surface area contributed by atoms with Crippen LogP contribution in [0.4, 0.5) is 0 Å². The monoisotopic (exact) mass is 344 g/mol. The van der Waals surface area contributed by atoms with E-state index in [9.17, 15) is 9.59 Å². The number of nitrogens with two attached hydrogens (primary N) is 1. The molecule has 0 aliphatic heterocycles. The van der Waals surface area contributed by atoms with E-state index in [0.29, 0.717) is 17.9 Å². The Morgan fingerprint density at radius 1 is 1.04 bits per heavy atom. The van der Waals surface area contributed by atoms with Crippen molar-refractivity contribution in [2.75, 3.05) is 18.9 Å². The molecule has 0 radical (unpaired) electrons. The van der Waals surface area contributed by atoms with Gasteiger partial charge < -0.3 is 15.8 Å². The van der Waals surface area contributed by atoms with Gasteiger partial charge in [-0.15, -0.1) is 11.8 Å². The minimum absolute atomic E-state index is 0.124. The molecular weight excluding hydrogens is 324 g/mol. The van der Waals surface area contributed by atoms with Crippen LogP contribution in [0.5, 0.6) is 5.75 Å². The van der Waals surface area contributed by atoms with Crippen LogP contribution >= 0.6 is 11.8 Å². The van der Waals surface area contributed by atoms with Crippen molar-refractivity contribution < 1.29 is 14.3 Å². The number of ether oxygens (including phenoxy) is 1. The van der Waals surface area contributed by atoms with Crippen LogP contribution in [0.2, 0.25) is 0 Å². The molecular formula is C18H20N2O3S. The summed E-state index contributed by atoms with van der Waals surface area (Å²) in [6.45, 7) is 0.448. The first-order valence-electron chi connectivity index (χ1n) is 7.62. The second-order valence-corrected chi connectivity index (χ2v) is 6.22. The summed E-state index contributed by atoms with van der Waals surface area (Å²) in [5.74, 6) is 0.792. The van der Waals surface area contributed by atoms with Gasteiger partial charge in [-0.25, -0.2) is 0 Å². The number of hydrogen-bond acceptors (Lipinski definition) is 4. The molecule has 0 fully saturated rings. The topological polar surface area (TPSA) is 81.4 Å². The maximum Gasteiger partial charge on any atom is 0.255 e. The fraction of sp³-hybridized carbons (Fsp3) is 0.222. The van der Waals surface area contributed by atoms with Gasteiger partial charge in [-0.1, -0.05) is 18.2 Å². The third-order valence-corrected chi connectivity index (χ3v) is 4.21. The highest BCUT2D eigenvalue weighted by molar-refractivity contribution is 7.99. The molecule has 0 saturated heterocycles. The van der Waals surface area contributed by atoms with E-state index >= 15 is 0 Å². The summed E-state index contributed by atoms with van der Waals surface area (Å²) < 4.78 is 5.15. The zero-order valence-corrected chi connectivity index (χ0v) is 14.1. The van der Waals surface area contributed by atoms with Crippen molar-refractivity contribution >= 4 is 23.6 Å². The summed E-state index contributed by atoms with van der Waals surface area (Å²) in [5, 5.41) is 2.89. The number of hydrogen-bond donors (Lipinski definition) is 2. The van der Waals surface area contributed by atoms with Crippen molar-refractivity contribution in [2.45, 2.75) is 11.3 Å². The Morgan fingerprint density at radius 3 is 2.42 bits per heavy atom. The quantitative estimate of drug-likeness (QED) is 0.541. The molecule has 2 aromatic rings.